The van der Waals surface area contributed by atoms with Gasteiger partial charge in [0.25, 0.3) is 11.5 Å². The summed E-state index contributed by atoms with van der Waals surface area (Å²) in [7, 11) is 0.767. The molecule has 1 amide bonds. The molecule has 7 rings (SSSR count). The number of aliphatic hydroxyl groups is 1. The van der Waals surface area contributed by atoms with Crippen LogP contribution in [-0.2, 0) is 21.7 Å². The first-order valence-electron chi connectivity index (χ1n) is 17.2. The van der Waals surface area contributed by atoms with Gasteiger partial charge in [-0.3, -0.25) is 18.8 Å². The predicted octanol–water partition coefficient (Wildman–Crippen LogP) is 4.83. The van der Waals surface area contributed by atoms with Gasteiger partial charge in [0.2, 0.25) is 0 Å². The number of methoxy groups -OCH3 is 2. The van der Waals surface area contributed by atoms with E-state index >= 15 is 0 Å². The normalized spacial score (nSPS) is 21.8. The molecule has 0 radical (unpaired) electrons. The Bertz CT molecular complexity index is 2100. The summed E-state index contributed by atoms with van der Waals surface area (Å²) in [5, 5.41) is 23.4. The number of aromatic nitrogens is 4. The molecule has 2 N–H and O–H groups in total. The summed E-state index contributed by atoms with van der Waals surface area (Å²) in [4.78, 5) is 27.5. The highest BCUT2D eigenvalue weighted by atomic mass is 28.3. The van der Waals surface area contributed by atoms with E-state index in [9.17, 15) is 14.7 Å². The number of nitrogens with one attached hydrogen (secondary N) is 1. The van der Waals surface area contributed by atoms with Crippen LogP contribution in [0.3, 0.4) is 0 Å². The largest absolute Gasteiger partial charge is 0.497 e. The molecule has 3 aromatic carbocycles. The summed E-state index contributed by atoms with van der Waals surface area (Å²) in [6, 6.07) is 27.0. The second-order valence-electron chi connectivity index (χ2n) is 13.9. The summed E-state index contributed by atoms with van der Waals surface area (Å²) in [5.41, 5.74) is 2.11. The second kappa shape index (κ2) is 13.6. The molecule has 51 heavy (non-hydrogen) atoms. The maximum Gasteiger partial charge on any atom is 0.297 e. The zero-order valence-corrected chi connectivity index (χ0v) is 30.4. The molecule has 1 saturated heterocycles. The number of carbonyl (C=O) groups excluding carboxylic acids is 1. The Balaban J connectivity index is 1.26. The molecular formula is C39H43N5O6Si. The van der Waals surface area contributed by atoms with E-state index in [0.29, 0.717) is 30.0 Å². The number of hydrogen-bond acceptors (Lipinski definition) is 8. The second-order valence-corrected chi connectivity index (χ2v) is 18.6. The van der Waals surface area contributed by atoms with Crippen molar-refractivity contribution in [1.82, 2.24) is 19.6 Å². The van der Waals surface area contributed by atoms with Crippen LogP contribution in [0, 0.1) is 5.92 Å². The van der Waals surface area contributed by atoms with E-state index in [-0.39, 0.29) is 47.3 Å². The average molecular weight is 706 g/mol. The molecule has 264 valence electrons. The number of amides is 1. The van der Waals surface area contributed by atoms with Crippen molar-refractivity contribution in [3.8, 4) is 17.2 Å². The van der Waals surface area contributed by atoms with Gasteiger partial charge < -0.3 is 24.6 Å². The lowest BCUT2D eigenvalue weighted by Crippen LogP contribution is -2.51. The molecule has 1 spiro atoms. The molecule has 0 saturated carbocycles. The van der Waals surface area contributed by atoms with E-state index in [1.165, 1.54) is 16.9 Å². The number of aliphatic hydroxyl groups excluding tert-OH is 1. The molecule has 0 aliphatic carbocycles. The van der Waals surface area contributed by atoms with Crippen molar-refractivity contribution in [2.75, 3.05) is 26.1 Å². The van der Waals surface area contributed by atoms with Crippen molar-refractivity contribution < 1.29 is 24.1 Å². The highest BCUT2D eigenvalue weighted by molar-refractivity contribution is 6.91. The number of aryl methyl sites for hydroxylation is 1. The van der Waals surface area contributed by atoms with Crippen LogP contribution in [-0.4, -0.2) is 65.6 Å². The zero-order chi connectivity index (χ0) is 35.9. The van der Waals surface area contributed by atoms with Crippen LogP contribution in [0.1, 0.15) is 36.1 Å². The minimum atomic E-state index is -2.36. The summed E-state index contributed by atoms with van der Waals surface area (Å²) < 4.78 is 21.2. The number of benzene rings is 3. The van der Waals surface area contributed by atoms with Crippen molar-refractivity contribution in [2.24, 2.45) is 5.92 Å². The van der Waals surface area contributed by atoms with E-state index in [0.717, 1.165) is 16.9 Å². The van der Waals surface area contributed by atoms with Gasteiger partial charge in [-0.25, -0.2) is 0 Å². The number of nitrogens with zero attached hydrogens (tertiary/aromatic N) is 4. The lowest BCUT2D eigenvalue weighted by atomic mass is 9.82. The standard InChI is InChI=1S/C39H43N5O6Si/c1-25-36(51(4,5)29-16-14-28(48-2)15-17-29)34(19-21-43-23-33(41-42-43)30(24-45)26-10-7-6-8-11-26)50-39(25)31-22-27(13-18-32(31)40-38(39)47)44-20-9-12-35(49-3)37(44)46/h6-18,20,22-23,25,30,34,36,45H,19,21,24H2,1-5H3,(H,40,47)/t25-,30?,34+,36-,39+/m1/s1. The monoisotopic (exact) mass is 705 g/mol. The highest BCUT2D eigenvalue weighted by Crippen LogP contribution is 2.58. The Morgan fingerprint density at radius 1 is 1.00 bits per heavy atom. The predicted molar refractivity (Wildman–Crippen MR) is 197 cm³/mol. The quantitative estimate of drug-likeness (QED) is 0.187. The van der Waals surface area contributed by atoms with Crippen molar-refractivity contribution >= 4 is 24.9 Å². The van der Waals surface area contributed by atoms with Crippen LogP contribution in [0.2, 0.25) is 18.6 Å². The van der Waals surface area contributed by atoms with Crippen LogP contribution in [0.15, 0.2) is 102 Å². The molecule has 2 aromatic heterocycles. The summed E-state index contributed by atoms with van der Waals surface area (Å²) in [6.07, 6.45) is 3.86. The number of pyridine rings is 1. The number of fused-ring (bicyclic) bond motifs is 2. The zero-order valence-electron chi connectivity index (χ0n) is 29.4. The Kier molecular flexibility index (Phi) is 9.17. The van der Waals surface area contributed by atoms with Crippen molar-refractivity contribution in [2.45, 2.75) is 56.1 Å². The Morgan fingerprint density at radius 3 is 2.47 bits per heavy atom. The van der Waals surface area contributed by atoms with E-state index in [4.69, 9.17) is 14.2 Å². The first-order chi connectivity index (χ1) is 24.6. The topological polar surface area (TPSA) is 130 Å². The summed E-state index contributed by atoms with van der Waals surface area (Å²) in [6.45, 7) is 7.22. The van der Waals surface area contributed by atoms with Gasteiger partial charge >= 0.3 is 0 Å². The molecular weight excluding hydrogens is 663 g/mol. The van der Waals surface area contributed by atoms with Crippen molar-refractivity contribution in [3.63, 3.8) is 0 Å². The van der Waals surface area contributed by atoms with E-state index in [1.54, 1.807) is 30.1 Å². The Morgan fingerprint density at radius 2 is 1.76 bits per heavy atom. The lowest BCUT2D eigenvalue weighted by molar-refractivity contribution is -0.143. The van der Waals surface area contributed by atoms with E-state index < -0.39 is 13.7 Å². The molecule has 2 aliphatic heterocycles. The van der Waals surface area contributed by atoms with Crippen molar-refractivity contribution in [1.29, 1.82) is 0 Å². The summed E-state index contributed by atoms with van der Waals surface area (Å²) >= 11 is 0. The number of carbonyl (C=O) groups is 1. The first kappa shape index (κ1) is 34.4. The SMILES string of the molecule is COc1ccc([Si](C)(C)[C@H]2[C@H](CCn3cc(C(CO)c4ccccc4)nn3)O[C@@]3(C(=O)Nc4ccc(-n5cccc(OC)c5=O)cc43)[C@@H]2C)cc1. The van der Waals surface area contributed by atoms with Crippen LogP contribution >= 0.6 is 0 Å². The third-order valence-electron chi connectivity index (χ3n) is 10.9. The molecule has 11 nitrogen and oxygen atoms in total. The fourth-order valence-corrected chi connectivity index (χ4v) is 12.3. The number of ether oxygens (including phenoxy) is 3. The smallest absolute Gasteiger partial charge is 0.297 e. The van der Waals surface area contributed by atoms with Crippen LogP contribution in [0.25, 0.3) is 5.69 Å². The van der Waals surface area contributed by atoms with Crippen LogP contribution < -0.4 is 25.5 Å². The third-order valence-corrected chi connectivity index (χ3v) is 15.3. The Labute approximate surface area is 297 Å². The van der Waals surface area contributed by atoms with Gasteiger partial charge in [0.05, 0.1) is 46.6 Å². The minimum Gasteiger partial charge on any atom is -0.497 e. The lowest BCUT2D eigenvalue weighted by Gasteiger charge is -2.37. The molecule has 0 bridgehead atoms. The molecule has 1 fully saturated rings. The van der Waals surface area contributed by atoms with Crippen LogP contribution in [0.4, 0.5) is 5.69 Å². The van der Waals surface area contributed by atoms with Gasteiger partial charge in [0.15, 0.2) is 11.4 Å². The maximum atomic E-state index is 14.3. The van der Waals surface area contributed by atoms with Gasteiger partial charge in [-0.05, 0) is 60.0 Å². The fourth-order valence-electron chi connectivity index (χ4n) is 8.27. The summed E-state index contributed by atoms with van der Waals surface area (Å²) in [5.74, 6) is 0.308. The average Bonchev–Trinajstić information content (AvgIpc) is 3.82. The number of rotatable bonds is 11. The number of anilines is 1. The van der Waals surface area contributed by atoms with Gasteiger partial charge in [-0.15, -0.1) is 5.10 Å². The molecule has 1 unspecified atom stereocenters. The Hall–Kier alpha value is -5.04. The van der Waals surface area contributed by atoms with E-state index in [2.05, 4.69) is 47.8 Å². The maximum absolute atomic E-state index is 14.3. The first-order valence-corrected chi connectivity index (χ1v) is 20.3. The van der Waals surface area contributed by atoms with Crippen LogP contribution in [0.5, 0.6) is 11.5 Å². The molecule has 2 aliphatic rings. The molecule has 5 aromatic rings. The molecule has 4 heterocycles. The van der Waals surface area contributed by atoms with Gasteiger partial charge in [-0.1, -0.05) is 72.9 Å². The van der Waals surface area contributed by atoms with Gasteiger partial charge in [-0.2, -0.15) is 0 Å². The fraction of sp³-hybridized carbons (Fsp3) is 0.333. The van der Waals surface area contributed by atoms with Crippen molar-refractivity contribution in [3.05, 3.63) is 124 Å². The number of hydrogen-bond donors (Lipinski definition) is 2. The third kappa shape index (κ3) is 5.86. The van der Waals surface area contributed by atoms with Gasteiger partial charge in [0.1, 0.15) is 5.75 Å². The van der Waals surface area contributed by atoms with E-state index in [1.807, 2.05) is 66.9 Å². The molecule has 5 atom stereocenters. The van der Waals surface area contributed by atoms with Gasteiger partial charge in [0, 0.05) is 41.8 Å². The molecule has 12 heteroatoms. The highest BCUT2D eigenvalue weighted by Gasteiger charge is 2.64. The minimum absolute atomic E-state index is 0.0169.